The summed E-state index contributed by atoms with van der Waals surface area (Å²) >= 11 is 0. The highest BCUT2D eigenvalue weighted by molar-refractivity contribution is 5.85. The highest BCUT2D eigenvalue weighted by Gasteiger charge is 2.39. The van der Waals surface area contributed by atoms with E-state index in [4.69, 9.17) is 0 Å². The fourth-order valence-electron chi connectivity index (χ4n) is 2.64. The van der Waals surface area contributed by atoms with Crippen molar-refractivity contribution in [2.75, 3.05) is 0 Å². The van der Waals surface area contributed by atoms with Gasteiger partial charge in [-0.2, -0.15) is 0 Å². The van der Waals surface area contributed by atoms with Gasteiger partial charge in [0, 0.05) is 6.04 Å². The summed E-state index contributed by atoms with van der Waals surface area (Å²) in [6.07, 6.45) is 9.35. The largest absolute Gasteiger partial charge is 0.380 e. The lowest BCUT2D eigenvalue weighted by atomic mass is 9.89. The molecule has 16 heavy (non-hydrogen) atoms. The molecule has 3 nitrogen and oxygen atoms in total. The number of carbonyl (C=O) groups is 1. The maximum absolute atomic E-state index is 12.0. The van der Waals surface area contributed by atoms with E-state index in [2.05, 4.69) is 24.4 Å². The summed E-state index contributed by atoms with van der Waals surface area (Å²) < 4.78 is 0. The summed E-state index contributed by atoms with van der Waals surface area (Å²) in [5.74, 6) is 0.316. The molecule has 0 radical (unpaired) electrons. The van der Waals surface area contributed by atoms with Gasteiger partial charge >= 0.3 is 0 Å². The quantitative estimate of drug-likeness (QED) is 0.701. The van der Waals surface area contributed by atoms with Crippen LogP contribution in [0.5, 0.6) is 0 Å². The summed E-state index contributed by atoms with van der Waals surface area (Å²) in [6.45, 7) is 2.15. The fourth-order valence-corrected chi connectivity index (χ4v) is 2.64. The normalized spacial score (nSPS) is 32.6. The number of hydrogen-bond acceptors (Lipinski definition) is 2. The zero-order valence-electron chi connectivity index (χ0n) is 9.91. The molecule has 3 heteroatoms. The van der Waals surface area contributed by atoms with Crippen molar-refractivity contribution in [1.82, 2.24) is 5.32 Å². The minimum atomic E-state index is -1.08. The van der Waals surface area contributed by atoms with Crippen LogP contribution < -0.4 is 5.32 Å². The second kappa shape index (κ2) is 4.58. The van der Waals surface area contributed by atoms with Crippen molar-refractivity contribution in [3.63, 3.8) is 0 Å². The number of carbonyl (C=O) groups excluding carboxylic acids is 1. The van der Waals surface area contributed by atoms with E-state index in [-0.39, 0.29) is 11.9 Å². The van der Waals surface area contributed by atoms with Gasteiger partial charge in [0.1, 0.15) is 5.60 Å². The fraction of sp³-hybridized carbons (Fsp3) is 0.769. The van der Waals surface area contributed by atoms with E-state index >= 15 is 0 Å². The van der Waals surface area contributed by atoms with Crippen LogP contribution in [0.15, 0.2) is 12.2 Å². The lowest BCUT2D eigenvalue weighted by Crippen LogP contribution is -2.50. The number of rotatable bonds is 2. The third-order valence-electron chi connectivity index (χ3n) is 3.92. The van der Waals surface area contributed by atoms with E-state index in [1.54, 1.807) is 0 Å². The number of aliphatic hydroxyl groups is 1. The first-order valence-electron chi connectivity index (χ1n) is 6.30. The zero-order chi connectivity index (χ0) is 11.6. The molecule has 0 aliphatic heterocycles. The van der Waals surface area contributed by atoms with Crippen molar-refractivity contribution in [3.8, 4) is 0 Å². The highest BCUT2D eigenvalue weighted by Crippen LogP contribution is 2.30. The van der Waals surface area contributed by atoms with Gasteiger partial charge in [-0.25, -0.2) is 0 Å². The molecule has 0 saturated heterocycles. The second-order valence-corrected chi connectivity index (χ2v) is 5.24. The topological polar surface area (TPSA) is 49.3 Å². The van der Waals surface area contributed by atoms with Gasteiger partial charge < -0.3 is 10.4 Å². The first-order chi connectivity index (χ1) is 7.62. The molecule has 90 valence electrons. The van der Waals surface area contributed by atoms with Crippen molar-refractivity contribution >= 4 is 5.91 Å². The molecule has 2 rings (SSSR count). The van der Waals surface area contributed by atoms with Crippen molar-refractivity contribution < 1.29 is 9.90 Å². The van der Waals surface area contributed by atoms with Crippen molar-refractivity contribution in [2.45, 2.75) is 57.1 Å². The Hall–Kier alpha value is -0.830. The van der Waals surface area contributed by atoms with Gasteiger partial charge in [0.2, 0.25) is 0 Å². The maximum atomic E-state index is 12.0. The van der Waals surface area contributed by atoms with Crippen LogP contribution in [0.3, 0.4) is 0 Å². The lowest BCUT2D eigenvalue weighted by Gasteiger charge is -2.30. The van der Waals surface area contributed by atoms with Crippen molar-refractivity contribution in [2.24, 2.45) is 5.92 Å². The van der Waals surface area contributed by atoms with Crippen molar-refractivity contribution in [1.29, 1.82) is 0 Å². The Balaban J connectivity index is 1.93. The van der Waals surface area contributed by atoms with Gasteiger partial charge in [-0.3, -0.25) is 4.79 Å². The van der Waals surface area contributed by atoms with Crippen LogP contribution in [-0.4, -0.2) is 22.7 Å². The molecule has 2 aliphatic carbocycles. The Kier molecular flexibility index (Phi) is 3.33. The van der Waals surface area contributed by atoms with Crippen molar-refractivity contribution in [3.05, 3.63) is 12.2 Å². The SMILES string of the molecule is C[C@@H]1CC=CC[C@H]1NC(=O)C1(O)CCCC1. The Bertz CT molecular complexity index is 292. The molecule has 1 amide bonds. The number of hydrogen-bond donors (Lipinski definition) is 2. The molecular weight excluding hydrogens is 202 g/mol. The van der Waals surface area contributed by atoms with Crippen LogP contribution in [0.2, 0.25) is 0 Å². The van der Waals surface area contributed by atoms with Crippen LogP contribution in [0.25, 0.3) is 0 Å². The summed E-state index contributed by atoms with van der Waals surface area (Å²) in [6, 6.07) is 0.196. The van der Waals surface area contributed by atoms with Crippen LogP contribution in [-0.2, 0) is 4.79 Å². The van der Waals surface area contributed by atoms with E-state index in [1.807, 2.05) is 0 Å². The Morgan fingerprint density at radius 3 is 2.56 bits per heavy atom. The van der Waals surface area contributed by atoms with Gasteiger partial charge in [0.15, 0.2) is 0 Å². The summed E-state index contributed by atoms with van der Waals surface area (Å²) in [7, 11) is 0. The molecular formula is C13H21NO2. The molecule has 0 spiro atoms. The molecule has 1 fully saturated rings. The molecule has 2 aliphatic rings. The Morgan fingerprint density at radius 1 is 1.31 bits per heavy atom. The first-order valence-corrected chi connectivity index (χ1v) is 6.30. The maximum Gasteiger partial charge on any atom is 0.252 e. The average molecular weight is 223 g/mol. The molecule has 2 atom stereocenters. The predicted octanol–water partition coefficient (Wildman–Crippen LogP) is 1.76. The molecule has 2 N–H and O–H groups in total. The molecule has 0 aromatic rings. The summed E-state index contributed by atoms with van der Waals surface area (Å²) in [5, 5.41) is 13.2. The van der Waals surface area contributed by atoms with Crippen LogP contribution in [0.1, 0.15) is 45.4 Å². The standard InChI is InChI=1S/C13H21NO2/c1-10-6-2-3-7-11(10)14-12(15)13(16)8-4-5-9-13/h2-3,10-11,16H,4-9H2,1H3,(H,14,15)/t10-,11-/m1/s1. The molecule has 0 aromatic heterocycles. The molecule has 0 bridgehead atoms. The van der Waals surface area contributed by atoms with Crippen LogP contribution in [0, 0.1) is 5.92 Å². The third kappa shape index (κ3) is 2.29. The monoisotopic (exact) mass is 223 g/mol. The minimum Gasteiger partial charge on any atom is -0.380 e. The van der Waals surface area contributed by atoms with Gasteiger partial charge in [0.25, 0.3) is 5.91 Å². The number of amides is 1. The molecule has 0 aromatic carbocycles. The van der Waals surface area contributed by atoms with Gasteiger partial charge in [-0.05, 0) is 44.4 Å². The summed E-state index contributed by atoms with van der Waals surface area (Å²) in [5.41, 5.74) is -1.08. The van der Waals surface area contributed by atoms with E-state index in [1.165, 1.54) is 0 Å². The molecule has 0 heterocycles. The number of allylic oxidation sites excluding steroid dienone is 1. The van der Waals surface area contributed by atoms with Crippen LogP contribution in [0.4, 0.5) is 0 Å². The third-order valence-corrected chi connectivity index (χ3v) is 3.92. The minimum absolute atomic E-state index is 0.155. The predicted molar refractivity (Wildman–Crippen MR) is 62.9 cm³/mol. The summed E-state index contributed by atoms with van der Waals surface area (Å²) in [4.78, 5) is 12.0. The van der Waals surface area contributed by atoms with E-state index < -0.39 is 5.60 Å². The average Bonchev–Trinajstić information content (AvgIpc) is 2.70. The lowest BCUT2D eigenvalue weighted by molar-refractivity contribution is -0.140. The molecule has 1 saturated carbocycles. The van der Waals surface area contributed by atoms with Gasteiger partial charge in [0.05, 0.1) is 0 Å². The highest BCUT2D eigenvalue weighted by atomic mass is 16.3. The first kappa shape index (κ1) is 11.6. The van der Waals surface area contributed by atoms with Gasteiger partial charge in [-0.15, -0.1) is 0 Å². The van der Waals surface area contributed by atoms with E-state index in [0.29, 0.717) is 18.8 Å². The number of nitrogens with one attached hydrogen (secondary N) is 1. The smallest absolute Gasteiger partial charge is 0.252 e. The van der Waals surface area contributed by atoms with E-state index in [0.717, 1.165) is 25.7 Å². The zero-order valence-corrected chi connectivity index (χ0v) is 9.91. The second-order valence-electron chi connectivity index (χ2n) is 5.24. The van der Waals surface area contributed by atoms with E-state index in [9.17, 15) is 9.90 Å². The van der Waals surface area contributed by atoms with Gasteiger partial charge in [-0.1, -0.05) is 19.1 Å². The van der Waals surface area contributed by atoms with Crippen LogP contribution >= 0.6 is 0 Å². The Morgan fingerprint density at radius 2 is 1.94 bits per heavy atom. The Labute approximate surface area is 96.9 Å². The molecule has 0 unspecified atom stereocenters.